The van der Waals surface area contributed by atoms with Crippen molar-refractivity contribution in [3.63, 3.8) is 0 Å². The van der Waals surface area contributed by atoms with E-state index < -0.39 is 0 Å². The first-order valence-corrected chi connectivity index (χ1v) is 8.00. The van der Waals surface area contributed by atoms with Gasteiger partial charge in [0.25, 0.3) is 0 Å². The predicted octanol–water partition coefficient (Wildman–Crippen LogP) is 5.38. The summed E-state index contributed by atoms with van der Waals surface area (Å²) in [6.07, 6.45) is 2.47. The largest absolute Gasteiger partial charge is 0.462 e. The molecule has 0 saturated carbocycles. The number of carbonyl (C=O) groups is 1. The number of halogens is 2. The lowest BCUT2D eigenvalue weighted by atomic mass is 10.1. The monoisotopic (exact) mass is 347 g/mol. The molecule has 1 N–H and O–H groups in total. The highest BCUT2D eigenvalue weighted by molar-refractivity contribution is 6.39. The van der Waals surface area contributed by atoms with E-state index in [1.165, 1.54) is 0 Å². The SMILES string of the molecule is Cc1ccc(Cl)c(Nc2ccccc2C=C2CCOC2=O)c1Cl. The van der Waals surface area contributed by atoms with Crippen molar-refractivity contribution in [3.8, 4) is 0 Å². The van der Waals surface area contributed by atoms with Gasteiger partial charge < -0.3 is 10.1 Å². The van der Waals surface area contributed by atoms with Crippen molar-refractivity contribution in [1.29, 1.82) is 0 Å². The highest BCUT2D eigenvalue weighted by atomic mass is 35.5. The van der Waals surface area contributed by atoms with Gasteiger partial charge >= 0.3 is 5.97 Å². The van der Waals surface area contributed by atoms with E-state index in [0.717, 1.165) is 16.8 Å². The zero-order chi connectivity index (χ0) is 16.4. The molecule has 2 aromatic carbocycles. The number of ether oxygens (including phenoxy) is 1. The van der Waals surface area contributed by atoms with Crippen LogP contribution in [0.4, 0.5) is 11.4 Å². The fourth-order valence-electron chi connectivity index (χ4n) is 2.41. The fraction of sp³-hybridized carbons (Fsp3) is 0.167. The summed E-state index contributed by atoms with van der Waals surface area (Å²) in [6, 6.07) is 11.4. The highest BCUT2D eigenvalue weighted by Gasteiger charge is 2.19. The molecule has 0 spiro atoms. The molecule has 118 valence electrons. The zero-order valence-electron chi connectivity index (χ0n) is 12.5. The molecule has 23 heavy (non-hydrogen) atoms. The highest BCUT2D eigenvalue weighted by Crippen LogP contribution is 2.36. The number of hydrogen-bond donors (Lipinski definition) is 1. The third-order valence-corrected chi connectivity index (χ3v) is 4.50. The second-order valence-electron chi connectivity index (χ2n) is 5.32. The Bertz CT molecular complexity index is 800. The van der Waals surface area contributed by atoms with Crippen LogP contribution in [0.5, 0.6) is 0 Å². The van der Waals surface area contributed by atoms with Crippen molar-refractivity contribution in [1.82, 2.24) is 0 Å². The summed E-state index contributed by atoms with van der Waals surface area (Å²) in [6.45, 7) is 2.36. The van der Waals surface area contributed by atoms with Crippen molar-refractivity contribution in [2.75, 3.05) is 11.9 Å². The third-order valence-electron chi connectivity index (χ3n) is 3.70. The van der Waals surface area contributed by atoms with Crippen LogP contribution in [0.1, 0.15) is 17.5 Å². The average molecular weight is 348 g/mol. The van der Waals surface area contributed by atoms with Gasteiger partial charge in [0.15, 0.2) is 0 Å². The second kappa shape index (κ2) is 6.65. The summed E-state index contributed by atoms with van der Waals surface area (Å²) in [5.74, 6) is -0.258. The Morgan fingerprint density at radius 1 is 1.17 bits per heavy atom. The topological polar surface area (TPSA) is 38.3 Å². The molecule has 0 atom stereocenters. The standard InChI is InChI=1S/C18H15Cl2NO2/c1-11-6-7-14(19)17(16(11)20)21-15-5-3-2-4-12(15)10-13-8-9-23-18(13)22/h2-7,10,21H,8-9H2,1H3. The first kappa shape index (κ1) is 15.9. The normalized spacial score (nSPS) is 15.8. The number of para-hydroxylation sites is 1. The number of esters is 1. The molecule has 0 radical (unpaired) electrons. The van der Waals surface area contributed by atoms with Crippen LogP contribution in [0, 0.1) is 6.92 Å². The molecule has 0 aliphatic carbocycles. The van der Waals surface area contributed by atoms with Gasteiger partial charge in [0.2, 0.25) is 0 Å². The first-order chi connectivity index (χ1) is 11.1. The van der Waals surface area contributed by atoms with Gasteiger partial charge in [-0.25, -0.2) is 4.79 Å². The quantitative estimate of drug-likeness (QED) is 0.598. The van der Waals surface area contributed by atoms with Gasteiger partial charge in [-0.15, -0.1) is 0 Å². The van der Waals surface area contributed by atoms with Crippen molar-refractivity contribution in [2.45, 2.75) is 13.3 Å². The number of carbonyl (C=O) groups excluding carboxylic acids is 1. The molecule has 3 rings (SSSR count). The molecule has 0 bridgehead atoms. The smallest absolute Gasteiger partial charge is 0.334 e. The van der Waals surface area contributed by atoms with Crippen molar-refractivity contribution >= 4 is 46.6 Å². The van der Waals surface area contributed by atoms with Crippen LogP contribution < -0.4 is 5.32 Å². The number of benzene rings is 2. The van der Waals surface area contributed by atoms with Gasteiger partial charge in [-0.05, 0) is 36.3 Å². The molecule has 3 nitrogen and oxygen atoms in total. The minimum atomic E-state index is -0.258. The molecule has 0 unspecified atom stereocenters. The maximum Gasteiger partial charge on any atom is 0.334 e. The summed E-state index contributed by atoms with van der Waals surface area (Å²) in [7, 11) is 0. The molecule has 1 fully saturated rings. The zero-order valence-corrected chi connectivity index (χ0v) is 14.0. The van der Waals surface area contributed by atoms with Crippen molar-refractivity contribution in [3.05, 3.63) is 63.1 Å². The Morgan fingerprint density at radius 2 is 1.96 bits per heavy atom. The molecule has 1 aliphatic rings. The Morgan fingerprint density at radius 3 is 2.70 bits per heavy atom. The van der Waals surface area contributed by atoms with Crippen LogP contribution in [-0.4, -0.2) is 12.6 Å². The maximum atomic E-state index is 11.6. The number of nitrogens with one attached hydrogen (secondary N) is 1. The summed E-state index contributed by atoms with van der Waals surface area (Å²) in [4.78, 5) is 11.6. The number of aryl methyl sites for hydroxylation is 1. The van der Waals surface area contributed by atoms with Crippen LogP contribution in [0.3, 0.4) is 0 Å². The van der Waals surface area contributed by atoms with E-state index in [1.807, 2.05) is 43.3 Å². The average Bonchev–Trinajstić information content (AvgIpc) is 2.94. The van der Waals surface area contributed by atoms with E-state index >= 15 is 0 Å². The fourth-order valence-corrected chi connectivity index (χ4v) is 2.88. The van der Waals surface area contributed by atoms with Gasteiger partial charge in [0, 0.05) is 17.7 Å². The van der Waals surface area contributed by atoms with E-state index in [-0.39, 0.29) is 5.97 Å². The molecule has 2 aromatic rings. The van der Waals surface area contributed by atoms with E-state index in [9.17, 15) is 4.79 Å². The molecular weight excluding hydrogens is 333 g/mol. The van der Waals surface area contributed by atoms with Crippen molar-refractivity contribution < 1.29 is 9.53 Å². The lowest BCUT2D eigenvalue weighted by Crippen LogP contribution is -1.98. The molecule has 0 amide bonds. The van der Waals surface area contributed by atoms with Crippen LogP contribution in [0.2, 0.25) is 10.0 Å². The third kappa shape index (κ3) is 3.36. The van der Waals surface area contributed by atoms with Crippen LogP contribution in [0.25, 0.3) is 6.08 Å². The van der Waals surface area contributed by atoms with Gasteiger partial charge in [-0.2, -0.15) is 0 Å². The summed E-state index contributed by atoms with van der Waals surface area (Å²) >= 11 is 12.6. The Hall–Kier alpha value is -1.97. The van der Waals surface area contributed by atoms with Crippen LogP contribution in [-0.2, 0) is 9.53 Å². The number of rotatable bonds is 3. The summed E-state index contributed by atoms with van der Waals surface area (Å²) < 4.78 is 4.98. The van der Waals surface area contributed by atoms with E-state index in [2.05, 4.69) is 5.32 Å². The molecule has 1 heterocycles. The Kier molecular flexibility index (Phi) is 4.60. The maximum absolute atomic E-state index is 11.6. The van der Waals surface area contributed by atoms with Gasteiger partial charge in [-0.1, -0.05) is 47.5 Å². The lowest BCUT2D eigenvalue weighted by Gasteiger charge is -2.14. The first-order valence-electron chi connectivity index (χ1n) is 7.24. The summed E-state index contributed by atoms with van der Waals surface area (Å²) in [5, 5.41) is 4.41. The van der Waals surface area contributed by atoms with E-state index in [1.54, 1.807) is 6.07 Å². The number of hydrogen-bond acceptors (Lipinski definition) is 3. The van der Waals surface area contributed by atoms with Crippen LogP contribution >= 0.6 is 23.2 Å². The Labute approximate surface area is 144 Å². The summed E-state index contributed by atoms with van der Waals surface area (Å²) in [5.41, 5.74) is 3.98. The molecule has 0 aromatic heterocycles. The minimum Gasteiger partial charge on any atom is -0.462 e. The van der Waals surface area contributed by atoms with Gasteiger partial charge in [0.1, 0.15) is 0 Å². The number of anilines is 2. The van der Waals surface area contributed by atoms with E-state index in [0.29, 0.717) is 34.3 Å². The Balaban J connectivity index is 1.99. The van der Waals surface area contributed by atoms with E-state index in [4.69, 9.17) is 27.9 Å². The molecule has 5 heteroatoms. The molecule has 1 aliphatic heterocycles. The minimum absolute atomic E-state index is 0.258. The van der Waals surface area contributed by atoms with Crippen molar-refractivity contribution in [2.24, 2.45) is 0 Å². The second-order valence-corrected chi connectivity index (χ2v) is 6.11. The predicted molar refractivity (Wildman–Crippen MR) is 94.5 cm³/mol. The molecular formula is C18H15Cl2NO2. The van der Waals surface area contributed by atoms with Gasteiger partial charge in [-0.3, -0.25) is 0 Å². The molecule has 1 saturated heterocycles. The number of cyclic esters (lactones) is 1. The van der Waals surface area contributed by atoms with Crippen LogP contribution in [0.15, 0.2) is 42.0 Å². The van der Waals surface area contributed by atoms with Gasteiger partial charge in [0.05, 0.1) is 22.3 Å². The lowest BCUT2D eigenvalue weighted by molar-refractivity contribution is -0.134.